The van der Waals surface area contributed by atoms with Crippen molar-refractivity contribution < 1.29 is 4.79 Å². The zero-order valence-corrected chi connectivity index (χ0v) is 8.77. The highest BCUT2D eigenvalue weighted by molar-refractivity contribution is 6.30. The molecule has 0 aromatic heterocycles. The minimum absolute atomic E-state index is 0.0112. The van der Waals surface area contributed by atoms with E-state index in [-0.39, 0.29) is 5.91 Å². The van der Waals surface area contributed by atoms with Gasteiger partial charge >= 0.3 is 0 Å². The minimum atomic E-state index is -0.0112. The van der Waals surface area contributed by atoms with Crippen LogP contribution < -0.4 is 10.6 Å². The highest BCUT2D eigenvalue weighted by Crippen LogP contribution is 2.12. The van der Waals surface area contributed by atoms with Crippen molar-refractivity contribution in [1.82, 2.24) is 5.32 Å². The molecule has 0 aliphatic heterocycles. The molecule has 1 amide bonds. The Labute approximate surface area is 88.5 Å². The van der Waals surface area contributed by atoms with Crippen LogP contribution in [0, 0.1) is 0 Å². The van der Waals surface area contributed by atoms with Gasteiger partial charge in [-0.1, -0.05) is 11.6 Å². The summed E-state index contributed by atoms with van der Waals surface area (Å²) in [5.74, 6) is -0.0112. The number of hydrogen-bond donors (Lipinski definition) is 2. The van der Waals surface area contributed by atoms with Crippen LogP contribution in [-0.2, 0) is 4.79 Å². The molecule has 4 heteroatoms. The number of carbonyl (C=O) groups excluding carboxylic acids is 1. The van der Waals surface area contributed by atoms with Crippen molar-refractivity contribution in [2.45, 2.75) is 6.92 Å². The number of benzene rings is 1. The van der Waals surface area contributed by atoms with Crippen molar-refractivity contribution in [2.75, 3.05) is 18.4 Å². The predicted molar refractivity (Wildman–Crippen MR) is 58.6 cm³/mol. The average Bonchev–Trinajstić information content (AvgIpc) is 2.15. The molecule has 0 spiro atoms. The molecule has 1 aromatic carbocycles. The van der Waals surface area contributed by atoms with Gasteiger partial charge in [-0.3, -0.25) is 4.79 Å². The number of rotatable bonds is 4. The lowest BCUT2D eigenvalue weighted by molar-refractivity contribution is -0.118. The zero-order valence-electron chi connectivity index (χ0n) is 8.01. The van der Waals surface area contributed by atoms with Crippen LogP contribution in [0.4, 0.5) is 5.69 Å². The smallest absolute Gasteiger partial charge is 0.216 e. The molecule has 3 nitrogen and oxygen atoms in total. The third-order valence-electron chi connectivity index (χ3n) is 1.67. The van der Waals surface area contributed by atoms with E-state index in [0.29, 0.717) is 13.1 Å². The number of halogens is 1. The van der Waals surface area contributed by atoms with Crippen LogP contribution in [0.3, 0.4) is 0 Å². The van der Waals surface area contributed by atoms with Crippen molar-refractivity contribution in [1.29, 1.82) is 0 Å². The van der Waals surface area contributed by atoms with Crippen molar-refractivity contribution in [3.63, 3.8) is 0 Å². The molecule has 0 bridgehead atoms. The summed E-state index contributed by atoms with van der Waals surface area (Å²) in [5, 5.41) is 6.57. The maximum absolute atomic E-state index is 10.5. The second-order valence-corrected chi connectivity index (χ2v) is 3.35. The van der Waals surface area contributed by atoms with E-state index in [1.54, 1.807) is 0 Å². The van der Waals surface area contributed by atoms with E-state index < -0.39 is 0 Å². The molecule has 0 unspecified atom stereocenters. The van der Waals surface area contributed by atoms with Gasteiger partial charge in [-0.15, -0.1) is 0 Å². The van der Waals surface area contributed by atoms with Gasteiger partial charge in [0.15, 0.2) is 0 Å². The van der Waals surface area contributed by atoms with E-state index in [1.807, 2.05) is 24.3 Å². The largest absolute Gasteiger partial charge is 0.383 e. The summed E-state index contributed by atoms with van der Waals surface area (Å²) >= 11 is 5.73. The predicted octanol–water partition coefficient (Wildman–Crippen LogP) is 1.89. The van der Waals surface area contributed by atoms with E-state index in [2.05, 4.69) is 10.6 Å². The monoisotopic (exact) mass is 212 g/mol. The molecular formula is C10H13ClN2O. The lowest BCUT2D eigenvalue weighted by Gasteiger charge is -2.06. The lowest BCUT2D eigenvalue weighted by atomic mass is 10.3. The molecule has 0 aliphatic carbocycles. The summed E-state index contributed by atoms with van der Waals surface area (Å²) in [6.07, 6.45) is 0. The molecule has 0 atom stereocenters. The first-order valence-corrected chi connectivity index (χ1v) is 4.80. The number of anilines is 1. The Bertz CT molecular complexity index is 297. The Kier molecular flexibility index (Phi) is 4.26. The first-order chi connectivity index (χ1) is 6.68. The molecule has 0 fully saturated rings. The Hall–Kier alpha value is -1.22. The van der Waals surface area contributed by atoms with Crippen LogP contribution in [0.25, 0.3) is 0 Å². The van der Waals surface area contributed by atoms with Crippen LogP contribution >= 0.6 is 11.6 Å². The maximum Gasteiger partial charge on any atom is 0.216 e. The quantitative estimate of drug-likeness (QED) is 0.749. The van der Waals surface area contributed by atoms with E-state index in [9.17, 15) is 4.79 Å². The summed E-state index contributed by atoms with van der Waals surface area (Å²) < 4.78 is 0. The first-order valence-electron chi connectivity index (χ1n) is 4.42. The van der Waals surface area contributed by atoms with E-state index in [1.165, 1.54) is 6.92 Å². The highest BCUT2D eigenvalue weighted by Gasteiger charge is 1.92. The van der Waals surface area contributed by atoms with Crippen molar-refractivity contribution in [3.8, 4) is 0 Å². The van der Waals surface area contributed by atoms with E-state index in [4.69, 9.17) is 11.6 Å². The Balaban J connectivity index is 2.25. The fourth-order valence-electron chi connectivity index (χ4n) is 1.01. The number of nitrogens with one attached hydrogen (secondary N) is 2. The Morgan fingerprint density at radius 1 is 1.29 bits per heavy atom. The first kappa shape index (κ1) is 10.9. The summed E-state index contributed by atoms with van der Waals surface area (Å²) in [6, 6.07) is 7.44. The summed E-state index contributed by atoms with van der Waals surface area (Å²) in [6.45, 7) is 2.83. The van der Waals surface area contributed by atoms with Crippen LogP contribution in [0.2, 0.25) is 5.02 Å². The zero-order chi connectivity index (χ0) is 10.4. The third kappa shape index (κ3) is 4.14. The van der Waals surface area contributed by atoms with Gasteiger partial charge in [-0.25, -0.2) is 0 Å². The maximum atomic E-state index is 10.5. The molecule has 1 rings (SSSR count). The van der Waals surface area contributed by atoms with Crippen molar-refractivity contribution in [3.05, 3.63) is 29.3 Å². The van der Waals surface area contributed by atoms with E-state index in [0.717, 1.165) is 10.7 Å². The van der Waals surface area contributed by atoms with Gasteiger partial charge in [0, 0.05) is 30.7 Å². The summed E-state index contributed by atoms with van der Waals surface area (Å²) in [5.41, 5.74) is 1.000. The average molecular weight is 213 g/mol. The van der Waals surface area contributed by atoms with Gasteiger partial charge in [0.1, 0.15) is 0 Å². The molecule has 0 radical (unpaired) electrons. The Morgan fingerprint density at radius 3 is 2.50 bits per heavy atom. The van der Waals surface area contributed by atoms with Crippen molar-refractivity contribution >= 4 is 23.2 Å². The standard InChI is InChI=1S/C10H13ClN2O/c1-8(14)12-6-7-13-10-4-2-9(11)3-5-10/h2-5,13H,6-7H2,1H3,(H,12,14). The number of hydrogen-bond acceptors (Lipinski definition) is 2. The van der Waals surface area contributed by atoms with Crippen molar-refractivity contribution in [2.24, 2.45) is 0 Å². The highest BCUT2D eigenvalue weighted by atomic mass is 35.5. The van der Waals surface area contributed by atoms with Crippen LogP contribution in [-0.4, -0.2) is 19.0 Å². The molecule has 0 saturated heterocycles. The lowest BCUT2D eigenvalue weighted by Crippen LogP contribution is -2.26. The number of carbonyl (C=O) groups is 1. The fourth-order valence-corrected chi connectivity index (χ4v) is 1.14. The second-order valence-electron chi connectivity index (χ2n) is 2.92. The van der Waals surface area contributed by atoms with Crippen LogP contribution in [0.5, 0.6) is 0 Å². The van der Waals surface area contributed by atoms with Gasteiger partial charge in [-0.2, -0.15) is 0 Å². The SMILES string of the molecule is CC(=O)NCCNc1ccc(Cl)cc1. The normalized spacial score (nSPS) is 9.57. The van der Waals surface area contributed by atoms with Gasteiger partial charge in [0.05, 0.1) is 0 Å². The second kappa shape index (κ2) is 5.50. The van der Waals surface area contributed by atoms with Crippen LogP contribution in [0.1, 0.15) is 6.92 Å². The molecular weight excluding hydrogens is 200 g/mol. The molecule has 0 aliphatic rings. The third-order valence-corrected chi connectivity index (χ3v) is 1.92. The molecule has 14 heavy (non-hydrogen) atoms. The minimum Gasteiger partial charge on any atom is -0.383 e. The van der Waals surface area contributed by atoms with Gasteiger partial charge in [-0.05, 0) is 24.3 Å². The summed E-state index contributed by atoms with van der Waals surface area (Å²) in [4.78, 5) is 10.5. The van der Waals surface area contributed by atoms with E-state index >= 15 is 0 Å². The fraction of sp³-hybridized carbons (Fsp3) is 0.300. The summed E-state index contributed by atoms with van der Waals surface area (Å²) in [7, 11) is 0. The molecule has 2 N–H and O–H groups in total. The molecule has 0 heterocycles. The topological polar surface area (TPSA) is 41.1 Å². The Morgan fingerprint density at radius 2 is 1.93 bits per heavy atom. The molecule has 0 saturated carbocycles. The van der Waals surface area contributed by atoms with Crippen LogP contribution in [0.15, 0.2) is 24.3 Å². The molecule has 1 aromatic rings. The van der Waals surface area contributed by atoms with Gasteiger partial charge in [0.25, 0.3) is 0 Å². The molecule has 76 valence electrons. The van der Waals surface area contributed by atoms with Gasteiger partial charge < -0.3 is 10.6 Å². The number of amides is 1. The van der Waals surface area contributed by atoms with Gasteiger partial charge in [0.2, 0.25) is 5.91 Å².